The second-order valence-electron chi connectivity index (χ2n) is 11.2. The summed E-state index contributed by atoms with van der Waals surface area (Å²) < 4.78 is 5.60. The molecule has 6 nitrogen and oxygen atoms in total. The molecule has 1 unspecified atom stereocenters. The second kappa shape index (κ2) is 8.49. The first kappa shape index (κ1) is 22.8. The zero-order valence-corrected chi connectivity index (χ0v) is 19.6. The number of nitrogens with zero attached hydrogens (tertiary/aromatic N) is 1. The number of hydrogen-bond donors (Lipinski definition) is 2. The number of carbonyl (C=O) groups excluding carboxylic acids is 2. The monoisotopic (exact) mass is 431 g/mol. The van der Waals surface area contributed by atoms with Crippen LogP contribution in [0.25, 0.3) is 0 Å². The number of amides is 1. The number of aliphatic imine (C=N–C) groups is 1. The summed E-state index contributed by atoms with van der Waals surface area (Å²) in [6.07, 6.45) is 10.9. The van der Waals surface area contributed by atoms with E-state index < -0.39 is 6.04 Å². The Kier molecular flexibility index (Phi) is 6.23. The molecule has 4 fully saturated rings. The molecule has 4 aliphatic rings. The van der Waals surface area contributed by atoms with Crippen molar-refractivity contribution in [2.75, 3.05) is 6.54 Å². The van der Waals surface area contributed by atoms with E-state index in [0.29, 0.717) is 30.2 Å². The highest BCUT2D eigenvalue weighted by atomic mass is 16.5. The van der Waals surface area contributed by atoms with Crippen LogP contribution in [0.15, 0.2) is 4.99 Å². The van der Waals surface area contributed by atoms with Gasteiger partial charge in [-0.15, -0.1) is 0 Å². The topological polar surface area (TPSA) is 108 Å². The van der Waals surface area contributed by atoms with Crippen molar-refractivity contribution in [2.45, 2.75) is 97.1 Å². The van der Waals surface area contributed by atoms with E-state index in [9.17, 15) is 9.59 Å². The maximum absolute atomic E-state index is 11.9. The average Bonchev–Trinajstić information content (AvgIpc) is 3.04. The molecule has 4 N–H and O–H groups in total. The van der Waals surface area contributed by atoms with Gasteiger partial charge in [-0.2, -0.15) is 0 Å². The van der Waals surface area contributed by atoms with Gasteiger partial charge in [0.15, 0.2) is 0 Å². The normalized spacial score (nSPS) is 44.1. The molecule has 0 radical (unpaired) electrons. The van der Waals surface area contributed by atoms with E-state index >= 15 is 0 Å². The van der Waals surface area contributed by atoms with E-state index in [1.807, 2.05) is 0 Å². The van der Waals surface area contributed by atoms with E-state index in [4.69, 9.17) is 21.2 Å². The number of fused-ring (bicyclic) bond motifs is 5. The molecule has 174 valence electrons. The van der Waals surface area contributed by atoms with Gasteiger partial charge in [0, 0.05) is 18.1 Å². The van der Waals surface area contributed by atoms with Crippen molar-refractivity contribution in [2.24, 2.45) is 51.0 Å². The minimum absolute atomic E-state index is 0.0988. The van der Waals surface area contributed by atoms with E-state index in [2.05, 4.69) is 13.8 Å². The number of carbonyl (C=O) groups is 2. The Morgan fingerprint density at radius 1 is 1.13 bits per heavy atom. The molecule has 0 aromatic rings. The lowest BCUT2D eigenvalue weighted by Crippen LogP contribution is -2.54. The molecule has 8 atom stereocenters. The molecule has 0 aliphatic heterocycles. The number of nitrogens with two attached hydrogens (primary N) is 2. The minimum atomic E-state index is -0.474. The molecule has 31 heavy (non-hydrogen) atoms. The molecule has 4 aliphatic carbocycles. The van der Waals surface area contributed by atoms with Gasteiger partial charge < -0.3 is 16.2 Å². The summed E-state index contributed by atoms with van der Waals surface area (Å²) in [5.41, 5.74) is 13.0. The molecule has 0 bridgehead atoms. The summed E-state index contributed by atoms with van der Waals surface area (Å²) in [6.45, 7) is 6.88. The molecule has 0 aromatic heterocycles. The SMILES string of the molecule is CC(=O)O[C@H]1CC[C@@]2(C)[C@@H](CC[C@@H]3[C@@H]2CC[C@]2(C)C(=NC(CCN)C(N)=O)CC[C@@H]32)C1. The highest BCUT2D eigenvalue weighted by Gasteiger charge is 2.59. The molecular weight excluding hydrogens is 390 g/mol. The molecule has 0 saturated heterocycles. The Balaban J connectivity index is 1.52. The summed E-state index contributed by atoms with van der Waals surface area (Å²) in [5.74, 6) is 2.31. The quantitative estimate of drug-likeness (QED) is 0.648. The van der Waals surface area contributed by atoms with Crippen LogP contribution >= 0.6 is 0 Å². The van der Waals surface area contributed by atoms with Gasteiger partial charge in [0.25, 0.3) is 0 Å². The fourth-order valence-corrected chi connectivity index (χ4v) is 8.18. The van der Waals surface area contributed by atoms with Crippen LogP contribution in [0.4, 0.5) is 0 Å². The lowest BCUT2D eigenvalue weighted by atomic mass is 9.45. The summed E-state index contributed by atoms with van der Waals surface area (Å²) in [7, 11) is 0. The maximum Gasteiger partial charge on any atom is 0.302 e. The molecule has 0 aromatic carbocycles. The van der Waals surface area contributed by atoms with Crippen LogP contribution in [0.2, 0.25) is 0 Å². The Morgan fingerprint density at radius 3 is 2.58 bits per heavy atom. The molecule has 4 rings (SSSR count). The fourth-order valence-electron chi connectivity index (χ4n) is 8.18. The number of ether oxygens (including phenoxy) is 1. The third-order valence-electron chi connectivity index (χ3n) is 9.77. The van der Waals surface area contributed by atoms with Crippen LogP contribution in [0.1, 0.15) is 85.0 Å². The Hall–Kier alpha value is -1.43. The number of rotatable bonds is 5. The van der Waals surface area contributed by atoms with Crippen molar-refractivity contribution in [3.05, 3.63) is 0 Å². The summed E-state index contributed by atoms with van der Waals surface area (Å²) in [5, 5.41) is 0. The Morgan fingerprint density at radius 2 is 1.90 bits per heavy atom. The maximum atomic E-state index is 11.9. The van der Waals surface area contributed by atoms with Crippen molar-refractivity contribution < 1.29 is 14.3 Å². The zero-order valence-electron chi connectivity index (χ0n) is 19.6. The van der Waals surface area contributed by atoms with Crippen LogP contribution in [-0.4, -0.2) is 36.3 Å². The second-order valence-corrected chi connectivity index (χ2v) is 11.2. The first-order valence-electron chi connectivity index (χ1n) is 12.4. The average molecular weight is 432 g/mol. The minimum Gasteiger partial charge on any atom is -0.463 e. The van der Waals surface area contributed by atoms with Gasteiger partial charge in [0.05, 0.1) is 0 Å². The predicted octanol–water partition coefficient (Wildman–Crippen LogP) is 3.60. The first-order chi connectivity index (χ1) is 14.7. The summed E-state index contributed by atoms with van der Waals surface area (Å²) >= 11 is 0. The summed E-state index contributed by atoms with van der Waals surface area (Å²) in [4.78, 5) is 28.3. The molecule has 0 heterocycles. The van der Waals surface area contributed by atoms with E-state index in [0.717, 1.165) is 37.5 Å². The lowest BCUT2D eigenvalue weighted by molar-refractivity contribution is -0.158. The number of primary amides is 1. The van der Waals surface area contributed by atoms with E-state index in [1.165, 1.54) is 44.7 Å². The van der Waals surface area contributed by atoms with Crippen LogP contribution in [-0.2, 0) is 14.3 Å². The highest BCUT2D eigenvalue weighted by molar-refractivity contribution is 5.94. The lowest BCUT2D eigenvalue weighted by Gasteiger charge is -2.60. The number of esters is 1. The fraction of sp³-hybridized carbons (Fsp3) is 0.880. The smallest absolute Gasteiger partial charge is 0.302 e. The predicted molar refractivity (Wildman–Crippen MR) is 121 cm³/mol. The molecule has 6 heteroatoms. The van der Waals surface area contributed by atoms with Crippen molar-refractivity contribution in [1.29, 1.82) is 0 Å². The molecule has 0 spiro atoms. The molecule has 4 saturated carbocycles. The van der Waals surface area contributed by atoms with E-state index in [1.54, 1.807) is 0 Å². The Bertz CT molecular complexity index is 752. The Labute approximate surface area is 186 Å². The third kappa shape index (κ3) is 3.94. The van der Waals surface area contributed by atoms with Crippen molar-refractivity contribution in [3.63, 3.8) is 0 Å². The molecule has 1 amide bonds. The highest BCUT2D eigenvalue weighted by Crippen LogP contribution is 2.65. The van der Waals surface area contributed by atoms with Crippen molar-refractivity contribution in [3.8, 4) is 0 Å². The van der Waals surface area contributed by atoms with Crippen molar-refractivity contribution in [1.82, 2.24) is 0 Å². The van der Waals surface area contributed by atoms with Gasteiger partial charge in [-0.3, -0.25) is 14.6 Å². The van der Waals surface area contributed by atoms with E-state index in [-0.39, 0.29) is 23.4 Å². The number of hydrogen-bond acceptors (Lipinski definition) is 5. The van der Waals surface area contributed by atoms with Gasteiger partial charge in [-0.1, -0.05) is 13.8 Å². The van der Waals surface area contributed by atoms with Gasteiger partial charge in [0.1, 0.15) is 12.1 Å². The molecular formula is C25H41N3O3. The van der Waals surface area contributed by atoms with Crippen molar-refractivity contribution >= 4 is 17.6 Å². The third-order valence-corrected chi connectivity index (χ3v) is 9.77. The van der Waals surface area contributed by atoms with Gasteiger partial charge in [-0.25, -0.2) is 0 Å². The van der Waals surface area contributed by atoms with Gasteiger partial charge in [-0.05, 0) is 99.8 Å². The van der Waals surface area contributed by atoms with Crippen LogP contribution in [0.3, 0.4) is 0 Å². The zero-order chi connectivity index (χ0) is 22.4. The largest absolute Gasteiger partial charge is 0.463 e. The summed E-state index contributed by atoms with van der Waals surface area (Å²) in [6, 6.07) is -0.474. The first-order valence-corrected chi connectivity index (χ1v) is 12.4. The van der Waals surface area contributed by atoms with Crippen LogP contribution in [0, 0.1) is 34.5 Å². The van der Waals surface area contributed by atoms with Gasteiger partial charge >= 0.3 is 5.97 Å². The standard InChI is InChI=1S/C25H41N3O3/c1-15(29)31-17-8-11-24(2)16(14-17)4-5-18-19-6-7-22(25(19,3)12-9-20(18)24)28-21(10-13-26)23(27)30/h16-21H,4-14,26H2,1-3H3,(H2,27,30)/t16-,17-,18-,19-,20-,21?,24-,25-/m0/s1. The van der Waals surface area contributed by atoms with Gasteiger partial charge in [0.2, 0.25) is 5.91 Å². The van der Waals surface area contributed by atoms with Crippen LogP contribution < -0.4 is 11.5 Å². The van der Waals surface area contributed by atoms with Crippen LogP contribution in [0.5, 0.6) is 0 Å².